The first-order chi connectivity index (χ1) is 15.0. The Morgan fingerprint density at radius 2 is 2.00 bits per heavy atom. The van der Waals surface area contributed by atoms with Gasteiger partial charge in [0.25, 0.3) is 0 Å². The zero-order chi connectivity index (χ0) is 22.2. The summed E-state index contributed by atoms with van der Waals surface area (Å²) in [5.41, 5.74) is 2.16. The highest BCUT2D eigenvalue weighted by Gasteiger charge is 2.27. The number of ether oxygens (including phenoxy) is 1. The Hall–Kier alpha value is -1.80. The first-order valence-corrected chi connectivity index (χ1v) is 11.7. The van der Waals surface area contributed by atoms with Crippen LogP contribution in [0.4, 0.5) is 11.4 Å². The summed E-state index contributed by atoms with van der Waals surface area (Å²) in [5, 5.41) is 4.36. The molecule has 2 aromatic rings. The average Bonchev–Trinajstić information content (AvgIpc) is 3.17. The van der Waals surface area contributed by atoms with Crippen molar-refractivity contribution in [1.29, 1.82) is 0 Å². The second kappa shape index (κ2) is 11.7. The van der Waals surface area contributed by atoms with Crippen LogP contribution in [0.2, 0.25) is 10.0 Å². The number of nitrogens with zero attached hydrogens (tertiary/aromatic N) is 2. The maximum atomic E-state index is 12.6. The lowest BCUT2D eigenvalue weighted by Crippen LogP contribution is -2.37. The zero-order valence-corrected chi connectivity index (χ0v) is 19.6. The Kier molecular flexibility index (Phi) is 9.02. The van der Waals surface area contributed by atoms with Gasteiger partial charge in [-0.05, 0) is 43.1 Å². The number of nitroso groups, excluding NO2 is 1. The number of rotatable bonds is 10. The summed E-state index contributed by atoms with van der Waals surface area (Å²) in [6, 6.07) is 13.0. The van der Waals surface area contributed by atoms with Crippen molar-refractivity contribution >= 4 is 52.5 Å². The Bertz CT molecular complexity index is 895. The number of likely N-dealkylation sites (tertiary alicyclic amines) is 1. The second-order valence-corrected chi connectivity index (χ2v) is 9.50. The fourth-order valence-electron chi connectivity index (χ4n) is 3.71. The maximum absolute atomic E-state index is 12.6. The molecule has 6 nitrogen and oxygen atoms in total. The maximum Gasteiger partial charge on any atom is 0.310 e. The van der Waals surface area contributed by atoms with Gasteiger partial charge in [-0.3, -0.25) is 9.69 Å². The molecule has 3 rings (SSSR count). The Labute approximate surface area is 196 Å². The highest BCUT2D eigenvalue weighted by molar-refractivity contribution is 7.98. The van der Waals surface area contributed by atoms with E-state index in [4.69, 9.17) is 27.9 Å². The van der Waals surface area contributed by atoms with Crippen LogP contribution in [-0.2, 0) is 16.0 Å². The molecule has 0 aliphatic carbocycles. The van der Waals surface area contributed by atoms with Gasteiger partial charge in [0.2, 0.25) is 0 Å². The van der Waals surface area contributed by atoms with Crippen LogP contribution in [0.15, 0.2) is 47.0 Å². The summed E-state index contributed by atoms with van der Waals surface area (Å²) >= 11 is 13.6. The van der Waals surface area contributed by atoms with E-state index in [2.05, 4.69) is 14.8 Å². The SMILES string of the molecule is CC(CN1CCC[C@H]1COC(=O)Cc1ccccc1Nc1c(Cl)cccc1Cl)SN=O. The van der Waals surface area contributed by atoms with Crippen molar-refractivity contribution in [1.82, 2.24) is 4.90 Å². The van der Waals surface area contributed by atoms with Gasteiger partial charge >= 0.3 is 5.97 Å². The van der Waals surface area contributed by atoms with Gasteiger partial charge in [-0.2, -0.15) is 0 Å². The molecule has 1 unspecified atom stereocenters. The molecule has 2 aromatic carbocycles. The summed E-state index contributed by atoms with van der Waals surface area (Å²) in [5.74, 6) is -0.289. The van der Waals surface area contributed by atoms with Crippen LogP contribution in [0.3, 0.4) is 0 Å². The summed E-state index contributed by atoms with van der Waals surface area (Å²) in [4.78, 5) is 25.3. The van der Waals surface area contributed by atoms with E-state index in [9.17, 15) is 9.70 Å². The summed E-state index contributed by atoms with van der Waals surface area (Å²) in [6.07, 6.45) is 2.17. The van der Waals surface area contributed by atoms with Crippen LogP contribution < -0.4 is 5.32 Å². The molecule has 166 valence electrons. The number of carbonyl (C=O) groups is 1. The number of hydrogen-bond acceptors (Lipinski definition) is 7. The van der Waals surface area contributed by atoms with E-state index in [1.165, 1.54) is 0 Å². The number of nitrogens with one attached hydrogen (secondary N) is 1. The summed E-state index contributed by atoms with van der Waals surface area (Å²) in [6.45, 7) is 4.01. The van der Waals surface area contributed by atoms with E-state index >= 15 is 0 Å². The molecular weight excluding hydrogens is 457 g/mol. The van der Waals surface area contributed by atoms with E-state index < -0.39 is 0 Å². The molecule has 31 heavy (non-hydrogen) atoms. The molecule has 1 fully saturated rings. The molecule has 2 atom stereocenters. The fraction of sp³-hybridized carbons (Fsp3) is 0.409. The van der Waals surface area contributed by atoms with Gasteiger partial charge in [0, 0.05) is 40.1 Å². The van der Waals surface area contributed by atoms with Gasteiger partial charge in [0.1, 0.15) is 6.61 Å². The standard InChI is InChI=1S/C22H25Cl2N3O3S/c1-15(31-26-29)13-27-11-5-7-17(27)14-30-21(28)12-16-6-2-3-10-20(16)25-22-18(23)8-4-9-19(22)24/h2-4,6,8-10,15,17,25H,5,7,11-14H2,1H3/t15?,17-/m0/s1. The molecular formula is C22H25Cl2N3O3S. The average molecular weight is 482 g/mol. The van der Waals surface area contributed by atoms with Crippen molar-refractivity contribution < 1.29 is 9.53 Å². The second-order valence-electron chi connectivity index (χ2n) is 7.52. The monoisotopic (exact) mass is 481 g/mol. The van der Waals surface area contributed by atoms with Crippen molar-refractivity contribution in [3.8, 4) is 0 Å². The van der Waals surface area contributed by atoms with Crippen molar-refractivity contribution in [3.63, 3.8) is 0 Å². The van der Waals surface area contributed by atoms with Crippen LogP contribution in [0.25, 0.3) is 0 Å². The molecule has 1 saturated heterocycles. The molecule has 1 aliphatic heterocycles. The van der Waals surface area contributed by atoms with Gasteiger partial charge in [-0.25, -0.2) is 0 Å². The quantitative estimate of drug-likeness (QED) is 0.251. The molecule has 0 aromatic heterocycles. The predicted molar refractivity (Wildman–Crippen MR) is 128 cm³/mol. The van der Waals surface area contributed by atoms with Crippen molar-refractivity contribution in [3.05, 3.63) is 63.0 Å². The highest BCUT2D eigenvalue weighted by Crippen LogP contribution is 2.33. The van der Waals surface area contributed by atoms with Crippen LogP contribution in [0.1, 0.15) is 25.3 Å². The Morgan fingerprint density at radius 3 is 2.74 bits per heavy atom. The van der Waals surface area contributed by atoms with Crippen molar-refractivity contribution in [2.45, 2.75) is 37.5 Å². The molecule has 9 heteroatoms. The molecule has 0 saturated carbocycles. The molecule has 0 amide bonds. The third kappa shape index (κ3) is 6.84. The summed E-state index contributed by atoms with van der Waals surface area (Å²) < 4.78 is 8.51. The van der Waals surface area contributed by atoms with E-state index in [0.29, 0.717) is 22.3 Å². The zero-order valence-electron chi connectivity index (χ0n) is 17.2. The van der Waals surface area contributed by atoms with Gasteiger partial charge in [-0.1, -0.05) is 54.4 Å². The Morgan fingerprint density at radius 1 is 1.26 bits per heavy atom. The highest BCUT2D eigenvalue weighted by atomic mass is 35.5. The number of esters is 1. The molecule has 1 N–H and O–H groups in total. The van der Waals surface area contributed by atoms with E-state index in [-0.39, 0.29) is 23.7 Å². The lowest BCUT2D eigenvalue weighted by molar-refractivity contribution is -0.144. The van der Waals surface area contributed by atoms with Crippen molar-refractivity contribution in [2.24, 2.45) is 4.58 Å². The largest absolute Gasteiger partial charge is 0.464 e. The minimum Gasteiger partial charge on any atom is -0.464 e. The number of anilines is 2. The van der Waals surface area contributed by atoms with Gasteiger partial charge in [0.05, 0.1) is 22.2 Å². The molecule has 1 heterocycles. The van der Waals surface area contributed by atoms with E-state index in [0.717, 1.165) is 49.1 Å². The predicted octanol–water partition coefficient (Wildman–Crippen LogP) is 6.09. The number of carbonyl (C=O) groups excluding carboxylic acids is 1. The molecule has 0 spiro atoms. The normalized spacial score (nSPS) is 17.3. The van der Waals surface area contributed by atoms with Crippen LogP contribution in [-0.4, -0.2) is 41.9 Å². The van der Waals surface area contributed by atoms with E-state index in [1.54, 1.807) is 18.2 Å². The van der Waals surface area contributed by atoms with Crippen LogP contribution in [0, 0.1) is 4.91 Å². The number of benzene rings is 2. The lowest BCUT2D eigenvalue weighted by Gasteiger charge is -2.25. The molecule has 1 aliphatic rings. The Balaban J connectivity index is 1.58. The van der Waals surface area contributed by atoms with Crippen LogP contribution in [0.5, 0.6) is 0 Å². The summed E-state index contributed by atoms with van der Waals surface area (Å²) in [7, 11) is 0. The van der Waals surface area contributed by atoms with Gasteiger partial charge in [-0.15, -0.1) is 4.91 Å². The van der Waals surface area contributed by atoms with E-state index in [1.807, 2.05) is 31.2 Å². The number of para-hydroxylation sites is 2. The minimum atomic E-state index is -0.289. The van der Waals surface area contributed by atoms with Gasteiger partial charge in [0.15, 0.2) is 0 Å². The first kappa shape index (κ1) is 23.9. The third-order valence-corrected chi connectivity index (χ3v) is 6.45. The van der Waals surface area contributed by atoms with Crippen molar-refractivity contribution in [2.75, 3.05) is 25.0 Å². The van der Waals surface area contributed by atoms with Crippen LogP contribution >= 0.6 is 35.1 Å². The lowest BCUT2D eigenvalue weighted by atomic mass is 10.1. The smallest absolute Gasteiger partial charge is 0.310 e. The first-order valence-electron chi connectivity index (χ1n) is 10.1. The topological polar surface area (TPSA) is 71.0 Å². The number of halogens is 2. The number of hydrogen-bond donors (Lipinski definition) is 1. The molecule has 0 bridgehead atoms. The third-order valence-electron chi connectivity index (χ3n) is 5.22. The molecule has 0 radical (unpaired) electrons. The van der Waals surface area contributed by atoms with Gasteiger partial charge < -0.3 is 10.1 Å². The fourth-order valence-corrected chi connectivity index (χ4v) is 4.60. The minimum absolute atomic E-state index is 0.114.